The molecule has 0 aliphatic carbocycles. The van der Waals surface area contributed by atoms with E-state index in [4.69, 9.17) is 4.74 Å². The first-order chi connectivity index (χ1) is 15.1. The van der Waals surface area contributed by atoms with E-state index in [2.05, 4.69) is 9.98 Å². The Morgan fingerprint density at radius 3 is 2.65 bits per heavy atom. The van der Waals surface area contributed by atoms with Crippen molar-refractivity contribution >= 4 is 17.0 Å². The van der Waals surface area contributed by atoms with Crippen molar-refractivity contribution in [3.63, 3.8) is 0 Å². The van der Waals surface area contributed by atoms with Crippen molar-refractivity contribution < 1.29 is 14.9 Å². The molecule has 0 saturated heterocycles. The lowest BCUT2D eigenvalue weighted by molar-refractivity contribution is 0.299. The maximum atomic E-state index is 12.3. The molecule has 2 aromatic heterocycles. The van der Waals surface area contributed by atoms with E-state index >= 15 is 0 Å². The van der Waals surface area contributed by atoms with Gasteiger partial charge in [-0.15, -0.1) is 0 Å². The summed E-state index contributed by atoms with van der Waals surface area (Å²) in [5.74, 6) is 0.267. The largest absolute Gasteiger partial charge is 0.504 e. The molecule has 7 heteroatoms. The Hall–Kier alpha value is -4.00. The number of aromatic nitrogens is 2. The van der Waals surface area contributed by atoms with Crippen LogP contribution in [0.2, 0.25) is 0 Å². The third-order valence-electron chi connectivity index (χ3n) is 4.91. The van der Waals surface area contributed by atoms with Gasteiger partial charge in [-0.25, -0.2) is 0 Å². The average molecular weight is 417 g/mol. The molecule has 0 unspecified atom stereocenters. The van der Waals surface area contributed by atoms with Crippen LogP contribution < -0.4 is 10.3 Å². The van der Waals surface area contributed by atoms with Gasteiger partial charge in [-0.1, -0.05) is 13.0 Å². The molecular formula is C24H23N3O4. The van der Waals surface area contributed by atoms with Crippen LogP contribution in [0.1, 0.15) is 24.5 Å². The number of aliphatic imine (C=N–C) groups is 1. The van der Waals surface area contributed by atoms with E-state index in [1.54, 1.807) is 18.2 Å². The Bertz CT molecular complexity index is 1290. The predicted molar refractivity (Wildman–Crippen MR) is 121 cm³/mol. The van der Waals surface area contributed by atoms with Crippen molar-refractivity contribution in [1.29, 1.82) is 0 Å². The summed E-state index contributed by atoms with van der Waals surface area (Å²) < 4.78 is 7.39. The molecule has 7 nitrogen and oxygen atoms in total. The highest BCUT2D eigenvalue weighted by atomic mass is 16.5. The van der Waals surface area contributed by atoms with Crippen LogP contribution in [0, 0.1) is 0 Å². The van der Waals surface area contributed by atoms with E-state index in [1.165, 1.54) is 6.21 Å². The highest BCUT2D eigenvalue weighted by molar-refractivity contribution is 6.02. The number of H-pyrrole nitrogens is 1. The first kappa shape index (κ1) is 20.3. The van der Waals surface area contributed by atoms with Crippen LogP contribution in [-0.4, -0.2) is 32.6 Å². The lowest BCUT2D eigenvalue weighted by atomic mass is 10.1. The monoisotopic (exact) mass is 417 g/mol. The molecule has 0 saturated carbocycles. The number of fused-ring (bicyclic) bond motifs is 1. The van der Waals surface area contributed by atoms with Crippen LogP contribution in [0.25, 0.3) is 16.5 Å². The second-order valence-corrected chi connectivity index (χ2v) is 7.16. The molecule has 0 aliphatic rings. The molecule has 0 amide bonds. The van der Waals surface area contributed by atoms with Gasteiger partial charge in [-0.05, 0) is 54.4 Å². The van der Waals surface area contributed by atoms with E-state index in [1.807, 2.05) is 54.2 Å². The van der Waals surface area contributed by atoms with Gasteiger partial charge in [0.25, 0.3) is 5.56 Å². The highest BCUT2D eigenvalue weighted by Crippen LogP contribution is 2.28. The first-order valence-corrected chi connectivity index (χ1v) is 10.0. The predicted octanol–water partition coefficient (Wildman–Crippen LogP) is 4.14. The fraction of sp³-hybridized carbons (Fsp3) is 0.167. The minimum atomic E-state index is -0.365. The van der Waals surface area contributed by atoms with Crippen molar-refractivity contribution in [3.05, 3.63) is 82.4 Å². The minimum Gasteiger partial charge on any atom is -0.504 e. The average Bonchev–Trinajstić information content (AvgIpc) is 3.30. The Kier molecular flexibility index (Phi) is 5.75. The summed E-state index contributed by atoms with van der Waals surface area (Å²) in [5, 5.41) is 21.5. The third kappa shape index (κ3) is 4.30. The number of benzene rings is 2. The molecule has 4 rings (SSSR count). The molecule has 158 valence electrons. The van der Waals surface area contributed by atoms with Crippen molar-refractivity contribution in [2.45, 2.75) is 19.9 Å². The van der Waals surface area contributed by atoms with Gasteiger partial charge in [0.2, 0.25) is 5.88 Å². The first-order valence-electron chi connectivity index (χ1n) is 10.0. The van der Waals surface area contributed by atoms with Crippen molar-refractivity contribution in [1.82, 2.24) is 9.55 Å². The SMILES string of the molecule is CCCOc1ccc(CN=Cc2c(O)[nH]c(=O)c3ccc(-n4cccc4)cc23)cc1O. The van der Waals surface area contributed by atoms with Crippen LogP contribution in [-0.2, 0) is 6.54 Å². The van der Waals surface area contributed by atoms with E-state index in [-0.39, 0.29) is 17.2 Å². The molecule has 3 N–H and O–H groups in total. The standard InChI is InChI=1S/C24H23N3O4/c1-2-11-31-22-8-5-16(12-21(22)28)14-25-15-20-19-13-17(27-9-3-4-10-27)6-7-18(19)23(29)26-24(20)30/h3-10,12-13,15,28H,2,11,14H2,1H3,(H2,26,29,30). The van der Waals surface area contributed by atoms with Crippen LogP contribution >= 0.6 is 0 Å². The van der Waals surface area contributed by atoms with Gasteiger partial charge in [-0.3, -0.25) is 14.8 Å². The summed E-state index contributed by atoms with van der Waals surface area (Å²) in [6, 6.07) is 14.4. The van der Waals surface area contributed by atoms with Crippen molar-refractivity contribution in [3.8, 4) is 23.1 Å². The number of nitrogens with zero attached hydrogens (tertiary/aromatic N) is 2. The summed E-state index contributed by atoms with van der Waals surface area (Å²) >= 11 is 0. The van der Waals surface area contributed by atoms with Gasteiger partial charge >= 0.3 is 0 Å². The number of hydrogen-bond donors (Lipinski definition) is 3. The molecule has 0 atom stereocenters. The second kappa shape index (κ2) is 8.79. The third-order valence-corrected chi connectivity index (χ3v) is 4.91. The number of aromatic hydroxyl groups is 2. The molecule has 0 radical (unpaired) electrons. The number of phenols is 1. The molecule has 31 heavy (non-hydrogen) atoms. The number of phenolic OH excluding ortho intramolecular Hbond substituents is 1. The van der Waals surface area contributed by atoms with Crippen LogP contribution in [0.4, 0.5) is 0 Å². The minimum absolute atomic E-state index is 0.0647. The maximum Gasteiger partial charge on any atom is 0.258 e. The molecule has 2 heterocycles. The fourth-order valence-electron chi connectivity index (χ4n) is 3.36. The van der Waals surface area contributed by atoms with Crippen molar-refractivity contribution in [2.24, 2.45) is 4.99 Å². The summed E-state index contributed by atoms with van der Waals surface area (Å²) in [4.78, 5) is 19.2. The lowest BCUT2D eigenvalue weighted by Crippen LogP contribution is -2.08. The maximum absolute atomic E-state index is 12.3. The van der Waals surface area contributed by atoms with E-state index in [0.29, 0.717) is 35.2 Å². The lowest BCUT2D eigenvalue weighted by Gasteiger charge is -2.09. The Labute approximate surface area is 178 Å². The van der Waals surface area contributed by atoms with Gasteiger partial charge in [0.15, 0.2) is 11.5 Å². The second-order valence-electron chi connectivity index (χ2n) is 7.16. The number of aromatic amines is 1. The molecule has 4 aromatic rings. The number of pyridine rings is 1. The number of ether oxygens (including phenoxy) is 1. The highest BCUT2D eigenvalue weighted by Gasteiger charge is 2.11. The van der Waals surface area contributed by atoms with Crippen LogP contribution in [0.3, 0.4) is 0 Å². The summed E-state index contributed by atoms with van der Waals surface area (Å²) in [6.07, 6.45) is 6.20. The normalized spacial score (nSPS) is 11.4. The van der Waals surface area contributed by atoms with Gasteiger partial charge in [0.1, 0.15) is 0 Å². The Morgan fingerprint density at radius 2 is 1.90 bits per heavy atom. The molecule has 0 aliphatic heterocycles. The van der Waals surface area contributed by atoms with Crippen LogP contribution in [0.5, 0.6) is 17.4 Å². The molecule has 0 fully saturated rings. The molecule has 0 bridgehead atoms. The summed E-state index contributed by atoms with van der Waals surface area (Å²) in [6.45, 7) is 2.82. The van der Waals surface area contributed by atoms with Crippen molar-refractivity contribution in [2.75, 3.05) is 6.61 Å². The van der Waals surface area contributed by atoms with Gasteiger partial charge < -0.3 is 19.5 Å². The fourth-order valence-corrected chi connectivity index (χ4v) is 3.36. The number of nitrogens with one attached hydrogen (secondary N) is 1. The van der Waals surface area contributed by atoms with E-state index in [9.17, 15) is 15.0 Å². The Morgan fingerprint density at radius 1 is 1.10 bits per heavy atom. The summed E-state index contributed by atoms with van der Waals surface area (Å²) in [7, 11) is 0. The van der Waals surface area contributed by atoms with E-state index < -0.39 is 0 Å². The molecular weight excluding hydrogens is 394 g/mol. The topological polar surface area (TPSA) is 99.8 Å². The number of rotatable bonds is 7. The zero-order valence-corrected chi connectivity index (χ0v) is 17.1. The van der Waals surface area contributed by atoms with Gasteiger partial charge in [-0.2, -0.15) is 0 Å². The van der Waals surface area contributed by atoms with Gasteiger partial charge in [0.05, 0.1) is 18.7 Å². The van der Waals surface area contributed by atoms with Gasteiger partial charge in [0, 0.05) is 35.1 Å². The smallest absolute Gasteiger partial charge is 0.258 e. The molecule has 2 aromatic carbocycles. The van der Waals surface area contributed by atoms with Crippen LogP contribution in [0.15, 0.2) is 70.7 Å². The van der Waals surface area contributed by atoms with E-state index in [0.717, 1.165) is 17.7 Å². The Balaban J connectivity index is 1.64. The zero-order chi connectivity index (χ0) is 21.8. The number of hydrogen-bond acceptors (Lipinski definition) is 5. The molecule has 0 spiro atoms. The zero-order valence-electron chi connectivity index (χ0n) is 17.1. The summed E-state index contributed by atoms with van der Waals surface area (Å²) in [5.41, 5.74) is 1.72. The quantitative estimate of drug-likeness (QED) is 0.394.